The Kier molecular flexibility index (Phi) is 5.11. The highest BCUT2D eigenvalue weighted by Crippen LogP contribution is 2.53. The van der Waals surface area contributed by atoms with Gasteiger partial charge in [-0.25, -0.2) is 0 Å². The van der Waals surface area contributed by atoms with Crippen LogP contribution in [0.3, 0.4) is 0 Å². The largest absolute Gasteiger partial charge is 0.325 e. The van der Waals surface area contributed by atoms with Crippen LogP contribution >= 0.6 is 19.0 Å². The van der Waals surface area contributed by atoms with Crippen molar-refractivity contribution in [1.29, 1.82) is 0 Å². The number of rotatable bonds is 5. The van der Waals surface area contributed by atoms with Crippen LogP contribution in [0.15, 0.2) is 22.5 Å². The number of unbranched alkanes of at least 4 members (excludes halogenated alkanes) is 2. The summed E-state index contributed by atoms with van der Waals surface area (Å²) in [6.07, 6.45) is 5.41. The van der Waals surface area contributed by atoms with E-state index in [1.807, 2.05) is 6.92 Å². The average molecular weight is 249 g/mol. The molecule has 1 aliphatic heterocycles. The predicted octanol–water partition coefficient (Wildman–Crippen LogP) is 4.51. The van der Waals surface area contributed by atoms with Crippen LogP contribution in [0.4, 0.5) is 0 Å². The van der Waals surface area contributed by atoms with E-state index in [1.165, 1.54) is 0 Å². The van der Waals surface area contributed by atoms with Crippen LogP contribution in [-0.2, 0) is 9.09 Å². The van der Waals surface area contributed by atoms with Gasteiger partial charge in [-0.05, 0) is 25.0 Å². The lowest BCUT2D eigenvalue weighted by molar-refractivity contribution is 0.310. The van der Waals surface area contributed by atoms with Crippen LogP contribution in [0.2, 0.25) is 0 Å². The number of allylic oxidation sites excluding steroid dienone is 3. The molecule has 0 fully saturated rings. The summed E-state index contributed by atoms with van der Waals surface area (Å²) < 4.78 is 17.6. The molecule has 1 heterocycles. The highest BCUT2D eigenvalue weighted by Gasteiger charge is 2.24. The summed E-state index contributed by atoms with van der Waals surface area (Å²) in [5, 5.41) is 0.693. The zero-order valence-electron chi connectivity index (χ0n) is 9.33. The van der Waals surface area contributed by atoms with Crippen molar-refractivity contribution < 1.29 is 9.09 Å². The van der Waals surface area contributed by atoms with Gasteiger partial charge in [-0.1, -0.05) is 31.4 Å². The van der Waals surface area contributed by atoms with Crippen molar-refractivity contribution in [3.8, 4) is 0 Å². The molecule has 0 spiro atoms. The number of hydrogen-bond donors (Lipinski definition) is 0. The fourth-order valence-corrected chi connectivity index (χ4v) is 3.68. The van der Waals surface area contributed by atoms with E-state index in [4.69, 9.17) is 16.1 Å². The minimum absolute atomic E-state index is 0.467. The molecule has 1 unspecified atom stereocenters. The lowest BCUT2D eigenvalue weighted by Gasteiger charge is -2.19. The highest BCUT2D eigenvalue weighted by molar-refractivity contribution is 7.62. The summed E-state index contributed by atoms with van der Waals surface area (Å²) in [7, 11) is -2.57. The molecule has 1 rings (SSSR count). The SMILES string of the molecule is CCCCCOP1(=O)C=CC(Cl)=C(C)C1. The minimum Gasteiger partial charge on any atom is -0.325 e. The van der Waals surface area contributed by atoms with Gasteiger partial charge in [-0.3, -0.25) is 4.57 Å². The van der Waals surface area contributed by atoms with Crippen LogP contribution in [0.1, 0.15) is 33.1 Å². The zero-order chi connectivity index (χ0) is 11.3. The molecule has 1 aliphatic rings. The average Bonchev–Trinajstić information content (AvgIpc) is 2.20. The molecule has 0 bridgehead atoms. The molecular formula is C11H18ClO2P. The number of hydrogen-bond acceptors (Lipinski definition) is 2. The first-order chi connectivity index (χ1) is 7.07. The fraction of sp³-hybridized carbons (Fsp3) is 0.636. The smallest absolute Gasteiger partial charge is 0.229 e. The molecule has 0 aromatic rings. The summed E-state index contributed by atoms with van der Waals surface area (Å²) in [5.41, 5.74) is 0.956. The van der Waals surface area contributed by atoms with Crippen LogP contribution in [0.25, 0.3) is 0 Å². The van der Waals surface area contributed by atoms with E-state index in [0.717, 1.165) is 24.8 Å². The monoisotopic (exact) mass is 248 g/mol. The third kappa shape index (κ3) is 4.14. The van der Waals surface area contributed by atoms with E-state index in [2.05, 4.69) is 6.92 Å². The first kappa shape index (κ1) is 13.0. The van der Waals surface area contributed by atoms with Gasteiger partial charge in [-0.2, -0.15) is 0 Å². The zero-order valence-corrected chi connectivity index (χ0v) is 11.0. The van der Waals surface area contributed by atoms with Crippen molar-refractivity contribution in [1.82, 2.24) is 0 Å². The summed E-state index contributed by atoms with van der Waals surface area (Å²) in [6, 6.07) is 0. The predicted molar refractivity (Wildman–Crippen MR) is 65.6 cm³/mol. The van der Waals surface area contributed by atoms with E-state index in [0.29, 0.717) is 17.8 Å². The Morgan fingerprint density at radius 3 is 2.87 bits per heavy atom. The van der Waals surface area contributed by atoms with Crippen LogP contribution in [0.5, 0.6) is 0 Å². The quantitative estimate of drug-likeness (QED) is 0.528. The Bertz CT molecular complexity index is 321. The molecule has 86 valence electrons. The van der Waals surface area contributed by atoms with Gasteiger partial charge in [0.25, 0.3) is 0 Å². The minimum atomic E-state index is -2.57. The third-order valence-corrected chi connectivity index (χ3v) is 4.96. The Hall–Kier alpha value is -0.0400. The van der Waals surface area contributed by atoms with Crippen molar-refractivity contribution in [2.45, 2.75) is 33.1 Å². The lowest BCUT2D eigenvalue weighted by atomic mass is 10.3. The highest BCUT2D eigenvalue weighted by atomic mass is 35.5. The molecule has 0 amide bonds. The molecule has 0 saturated carbocycles. The van der Waals surface area contributed by atoms with Crippen molar-refractivity contribution in [3.05, 3.63) is 22.5 Å². The second-order valence-electron chi connectivity index (χ2n) is 3.87. The lowest BCUT2D eigenvalue weighted by Crippen LogP contribution is -2.00. The van der Waals surface area contributed by atoms with Gasteiger partial charge in [-0.15, -0.1) is 0 Å². The van der Waals surface area contributed by atoms with Gasteiger partial charge >= 0.3 is 0 Å². The van der Waals surface area contributed by atoms with E-state index >= 15 is 0 Å². The summed E-state index contributed by atoms with van der Waals surface area (Å²) in [5.74, 6) is 1.63. The second kappa shape index (κ2) is 5.89. The van der Waals surface area contributed by atoms with Gasteiger partial charge in [0.05, 0.1) is 12.8 Å². The molecule has 4 heteroatoms. The molecule has 2 nitrogen and oxygen atoms in total. The van der Waals surface area contributed by atoms with Gasteiger partial charge in [0.2, 0.25) is 7.37 Å². The van der Waals surface area contributed by atoms with Crippen LogP contribution in [0, 0.1) is 0 Å². The second-order valence-corrected chi connectivity index (χ2v) is 6.60. The number of halogens is 1. The van der Waals surface area contributed by atoms with Gasteiger partial charge in [0, 0.05) is 10.8 Å². The van der Waals surface area contributed by atoms with E-state index in [1.54, 1.807) is 11.9 Å². The summed E-state index contributed by atoms with van der Waals surface area (Å²) >= 11 is 5.89. The van der Waals surface area contributed by atoms with E-state index < -0.39 is 7.37 Å². The van der Waals surface area contributed by atoms with E-state index in [-0.39, 0.29) is 0 Å². The fourth-order valence-electron chi connectivity index (χ4n) is 1.44. The Balaban J connectivity index is 2.43. The summed E-state index contributed by atoms with van der Waals surface area (Å²) in [6.45, 7) is 4.61. The summed E-state index contributed by atoms with van der Waals surface area (Å²) in [4.78, 5) is 0. The van der Waals surface area contributed by atoms with Gasteiger partial charge < -0.3 is 4.52 Å². The molecule has 0 aliphatic carbocycles. The molecular weight excluding hydrogens is 231 g/mol. The Morgan fingerprint density at radius 1 is 1.53 bits per heavy atom. The molecule has 0 saturated heterocycles. The van der Waals surface area contributed by atoms with Crippen molar-refractivity contribution in [2.75, 3.05) is 12.8 Å². The molecule has 15 heavy (non-hydrogen) atoms. The first-order valence-corrected chi connectivity index (χ1v) is 7.61. The standard InChI is InChI=1S/C11H18ClO2P/c1-3-4-5-7-14-15(13)8-6-11(12)10(2)9-15/h6,8H,3-5,7,9H2,1-2H3. The maximum Gasteiger partial charge on any atom is 0.229 e. The maximum absolute atomic E-state index is 12.2. The van der Waals surface area contributed by atoms with Crippen LogP contribution in [-0.4, -0.2) is 12.8 Å². The van der Waals surface area contributed by atoms with Crippen LogP contribution < -0.4 is 0 Å². The topological polar surface area (TPSA) is 26.3 Å². The molecule has 0 N–H and O–H groups in total. The van der Waals surface area contributed by atoms with E-state index in [9.17, 15) is 4.57 Å². The van der Waals surface area contributed by atoms with Crippen molar-refractivity contribution in [2.24, 2.45) is 0 Å². The maximum atomic E-state index is 12.2. The first-order valence-electron chi connectivity index (χ1n) is 5.35. The third-order valence-electron chi connectivity index (χ3n) is 2.37. The Morgan fingerprint density at radius 2 is 2.27 bits per heavy atom. The van der Waals surface area contributed by atoms with Gasteiger partial charge in [0.15, 0.2) is 0 Å². The normalized spacial score (nSPS) is 26.1. The molecule has 1 atom stereocenters. The van der Waals surface area contributed by atoms with Gasteiger partial charge in [0.1, 0.15) is 0 Å². The van der Waals surface area contributed by atoms with Crippen molar-refractivity contribution >= 4 is 19.0 Å². The molecule has 0 radical (unpaired) electrons. The molecule has 0 aromatic heterocycles. The molecule has 0 aromatic carbocycles. The van der Waals surface area contributed by atoms with Crippen molar-refractivity contribution in [3.63, 3.8) is 0 Å². The Labute approximate surface area is 96.8 Å².